The van der Waals surface area contributed by atoms with Crippen LogP contribution in [-0.4, -0.2) is 26.4 Å². The van der Waals surface area contributed by atoms with Gasteiger partial charge >= 0.3 is 0 Å². The van der Waals surface area contributed by atoms with Crippen LogP contribution in [-0.2, 0) is 0 Å². The van der Waals surface area contributed by atoms with Crippen LogP contribution in [0.4, 0.5) is 5.69 Å². The summed E-state index contributed by atoms with van der Waals surface area (Å²) in [5.74, 6) is 2.23. The standard InChI is InChI=1S/C22H21Cl2NO3/c23-17-9-10-22(21(24)15-17)28-12-11-25-18-5-4-8-20(16-18)27-14-13-26-19-6-2-1-3-7-19/h1-10,15-16,25H,11-14H2. The Kier molecular flexibility index (Phi) is 7.71. The van der Waals surface area contributed by atoms with E-state index in [0.29, 0.717) is 42.2 Å². The maximum absolute atomic E-state index is 6.09. The number of anilines is 1. The zero-order valence-electron chi connectivity index (χ0n) is 15.2. The van der Waals surface area contributed by atoms with Crippen molar-refractivity contribution in [3.63, 3.8) is 0 Å². The maximum Gasteiger partial charge on any atom is 0.138 e. The summed E-state index contributed by atoms with van der Waals surface area (Å²) >= 11 is 12.0. The van der Waals surface area contributed by atoms with Crippen LogP contribution < -0.4 is 19.5 Å². The van der Waals surface area contributed by atoms with Crippen molar-refractivity contribution >= 4 is 28.9 Å². The highest BCUT2D eigenvalue weighted by Crippen LogP contribution is 2.27. The van der Waals surface area contributed by atoms with Crippen LogP contribution >= 0.6 is 23.2 Å². The molecule has 28 heavy (non-hydrogen) atoms. The summed E-state index contributed by atoms with van der Waals surface area (Å²) in [7, 11) is 0. The average molecular weight is 418 g/mol. The second kappa shape index (κ2) is 10.7. The lowest BCUT2D eigenvalue weighted by molar-refractivity contribution is 0.217. The highest BCUT2D eigenvalue weighted by molar-refractivity contribution is 6.35. The highest BCUT2D eigenvalue weighted by atomic mass is 35.5. The van der Waals surface area contributed by atoms with E-state index in [0.717, 1.165) is 17.2 Å². The predicted molar refractivity (Wildman–Crippen MR) is 114 cm³/mol. The minimum Gasteiger partial charge on any atom is -0.490 e. The molecule has 0 aromatic heterocycles. The van der Waals surface area contributed by atoms with Gasteiger partial charge in [-0.25, -0.2) is 0 Å². The topological polar surface area (TPSA) is 39.7 Å². The van der Waals surface area contributed by atoms with Gasteiger partial charge in [-0.15, -0.1) is 0 Å². The van der Waals surface area contributed by atoms with E-state index in [1.54, 1.807) is 18.2 Å². The van der Waals surface area contributed by atoms with E-state index in [1.807, 2.05) is 54.6 Å². The first-order valence-electron chi connectivity index (χ1n) is 8.93. The Labute approximate surface area is 175 Å². The first kappa shape index (κ1) is 20.2. The van der Waals surface area contributed by atoms with Crippen LogP contribution in [0.5, 0.6) is 17.2 Å². The molecule has 0 bridgehead atoms. The number of rotatable bonds is 10. The van der Waals surface area contributed by atoms with Gasteiger partial charge in [0.15, 0.2) is 0 Å². The molecule has 0 radical (unpaired) electrons. The number of hydrogen-bond acceptors (Lipinski definition) is 4. The van der Waals surface area contributed by atoms with Gasteiger partial charge in [0.1, 0.15) is 37.1 Å². The van der Waals surface area contributed by atoms with Gasteiger partial charge in [-0.05, 0) is 42.5 Å². The molecule has 146 valence electrons. The second-order valence-corrected chi connectivity index (χ2v) is 6.73. The smallest absolute Gasteiger partial charge is 0.138 e. The van der Waals surface area contributed by atoms with Gasteiger partial charge in [-0.1, -0.05) is 47.5 Å². The molecule has 4 nitrogen and oxygen atoms in total. The molecule has 0 heterocycles. The molecule has 0 unspecified atom stereocenters. The van der Waals surface area contributed by atoms with Crippen LogP contribution in [0, 0.1) is 0 Å². The summed E-state index contributed by atoms with van der Waals surface area (Å²) in [6.45, 7) is 2.05. The lowest BCUT2D eigenvalue weighted by Gasteiger charge is -2.12. The highest BCUT2D eigenvalue weighted by Gasteiger charge is 2.02. The lowest BCUT2D eigenvalue weighted by Crippen LogP contribution is -2.12. The van der Waals surface area contributed by atoms with Crippen molar-refractivity contribution in [2.75, 3.05) is 31.7 Å². The van der Waals surface area contributed by atoms with E-state index in [2.05, 4.69) is 5.32 Å². The lowest BCUT2D eigenvalue weighted by atomic mass is 10.3. The quantitative estimate of drug-likeness (QED) is 0.414. The van der Waals surface area contributed by atoms with Crippen LogP contribution in [0.15, 0.2) is 72.8 Å². The molecule has 0 fully saturated rings. The third kappa shape index (κ3) is 6.55. The molecule has 3 aromatic carbocycles. The van der Waals surface area contributed by atoms with Gasteiger partial charge in [0, 0.05) is 23.3 Å². The molecule has 0 aliphatic heterocycles. The number of hydrogen-bond donors (Lipinski definition) is 1. The number of benzene rings is 3. The molecule has 0 spiro atoms. The van der Waals surface area contributed by atoms with E-state index in [1.165, 1.54) is 0 Å². The Morgan fingerprint density at radius 1 is 0.679 bits per heavy atom. The SMILES string of the molecule is Clc1ccc(OCCNc2cccc(OCCOc3ccccc3)c2)c(Cl)c1. The molecule has 0 atom stereocenters. The van der Waals surface area contributed by atoms with Crippen molar-refractivity contribution in [2.45, 2.75) is 0 Å². The van der Waals surface area contributed by atoms with E-state index in [-0.39, 0.29) is 0 Å². The van der Waals surface area contributed by atoms with Crippen LogP contribution in [0.1, 0.15) is 0 Å². The zero-order chi connectivity index (χ0) is 19.6. The molecule has 0 amide bonds. The zero-order valence-corrected chi connectivity index (χ0v) is 16.7. The fourth-order valence-corrected chi connectivity index (χ4v) is 2.94. The number of ether oxygens (including phenoxy) is 3. The summed E-state index contributed by atoms with van der Waals surface area (Å²) in [5.41, 5.74) is 0.951. The van der Waals surface area contributed by atoms with Gasteiger partial charge in [-0.2, -0.15) is 0 Å². The number of para-hydroxylation sites is 1. The average Bonchev–Trinajstić information content (AvgIpc) is 2.71. The molecule has 0 saturated heterocycles. The molecule has 0 aliphatic rings. The molecular weight excluding hydrogens is 397 g/mol. The molecule has 3 rings (SSSR count). The molecule has 0 aliphatic carbocycles. The van der Waals surface area contributed by atoms with Crippen molar-refractivity contribution < 1.29 is 14.2 Å². The number of nitrogens with one attached hydrogen (secondary N) is 1. The molecular formula is C22H21Cl2NO3. The normalized spacial score (nSPS) is 10.4. The molecule has 1 N–H and O–H groups in total. The summed E-state index contributed by atoms with van der Waals surface area (Å²) in [6, 6.07) is 22.6. The monoisotopic (exact) mass is 417 g/mol. The Morgan fingerprint density at radius 2 is 1.43 bits per heavy atom. The predicted octanol–water partition coefficient (Wildman–Crippen LogP) is 5.94. The molecule has 6 heteroatoms. The Morgan fingerprint density at radius 3 is 2.21 bits per heavy atom. The second-order valence-electron chi connectivity index (χ2n) is 5.89. The Bertz CT molecular complexity index is 875. The first-order chi connectivity index (χ1) is 13.7. The van der Waals surface area contributed by atoms with Crippen LogP contribution in [0.3, 0.4) is 0 Å². The van der Waals surface area contributed by atoms with E-state index < -0.39 is 0 Å². The van der Waals surface area contributed by atoms with Gasteiger partial charge in [0.2, 0.25) is 0 Å². The summed E-state index contributed by atoms with van der Waals surface area (Å²) in [6.07, 6.45) is 0. The van der Waals surface area contributed by atoms with Gasteiger partial charge in [0.25, 0.3) is 0 Å². The maximum atomic E-state index is 6.09. The summed E-state index contributed by atoms with van der Waals surface area (Å²) in [4.78, 5) is 0. The fraction of sp³-hybridized carbons (Fsp3) is 0.182. The van der Waals surface area contributed by atoms with E-state index >= 15 is 0 Å². The minimum absolute atomic E-state index is 0.469. The third-order valence-electron chi connectivity index (χ3n) is 3.78. The van der Waals surface area contributed by atoms with Crippen LogP contribution in [0.25, 0.3) is 0 Å². The first-order valence-corrected chi connectivity index (χ1v) is 9.69. The van der Waals surface area contributed by atoms with Gasteiger partial charge in [-0.3, -0.25) is 0 Å². The van der Waals surface area contributed by atoms with Crippen molar-refractivity contribution in [2.24, 2.45) is 0 Å². The summed E-state index contributed by atoms with van der Waals surface area (Å²) in [5, 5.41) is 4.38. The molecule has 3 aromatic rings. The van der Waals surface area contributed by atoms with E-state index in [9.17, 15) is 0 Å². The Hall–Kier alpha value is -2.56. The fourth-order valence-electron chi connectivity index (χ4n) is 2.48. The largest absolute Gasteiger partial charge is 0.490 e. The van der Waals surface area contributed by atoms with Crippen molar-refractivity contribution in [3.05, 3.63) is 82.8 Å². The Balaban J connectivity index is 1.38. The van der Waals surface area contributed by atoms with E-state index in [4.69, 9.17) is 37.4 Å². The van der Waals surface area contributed by atoms with Crippen molar-refractivity contribution in [3.8, 4) is 17.2 Å². The van der Waals surface area contributed by atoms with Gasteiger partial charge < -0.3 is 19.5 Å². The third-order valence-corrected chi connectivity index (χ3v) is 4.31. The van der Waals surface area contributed by atoms with Crippen molar-refractivity contribution in [1.82, 2.24) is 0 Å². The number of halogens is 2. The van der Waals surface area contributed by atoms with Gasteiger partial charge in [0.05, 0.1) is 5.02 Å². The summed E-state index contributed by atoms with van der Waals surface area (Å²) < 4.78 is 17.0. The van der Waals surface area contributed by atoms with Crippen molar-refractivity contribution in [1.29, 1.82) is 0 Å². The molecule has 0 saturated carbocycles. The van der Waals surface area contributed by atoms with Crippen LogP contribution in [0.2, 0.25) is 10.0 Å². The minimum atomic E-state index is 0.469.